The first kappa shape index (κ1) is 19.2. The van der Waals surface area contributed by atoms with E-state index in [-0.39, 0.29) is 11.8 Å². The van der Waals surface area contributed by atoms with Gasteiger partial charge in [0.15, 0.2) is 0 Å². The van der Waals surface area contributed by atoms with Gasteiger partial charge in [0, 0.05) is 24.7 Å². The van der Waals surface area contributed by atoms with Crippen molar-refractivity contribution in [1.29, 1.82) is 0 Å². The van der Waals surface area contributed by atoms with Crippen molar-refractivity contribution < 1.29 is 14.3 Å². The highest BCUT2D eigenvalue weighted by Gasteiger charge is 2.05. The Kier molecular flexibility index (Phi) is 7.43. The van der Waals surface area contributed by atoms with Crippen molar-refractivity contribution in [3.05, 3.63) is 71.3 Å². The van der Waals surface area contributed by atoms with Crippen molar-refractivity contribution in [2.24, 2.45) is 0 Å². The predicted molar refractivity (Wildman–Crippen MR) is 103 cm³/mol. The van der Waals surface area contributed by atoms with E-state index in [1.54, 1.807) is 37.5 Å². The Morgan fingerprint density at radius 3 is 2.46 bits per heavy atom. The summed E-state index contributed by atoms with van der Waals surface area (Å²) in [7, 11) is 1.55. The lowest BCUT2D eigenvalue weighted by molar-refractivity contribution is -0.116. The van der Waals surface area contributed by atoms with Crippen LogP contribution in [0.3, 0.4) is 0 Å². The van der Waals surface area contributed by atoms with Crippen LogP contribution in [0.5, 0.6) is 5.75 Å². The van der Waals surface area contributed by atoms with E-state index in [0.29, 0.717) is 24.4 Å². The molecule has 2 rings (SSSR count). The third kappa shape index (κ3) is 6.09. The predicted octanol–water partition coefficient (Wildman–Crippen LogP) is 2.82. The van der Waals surface area contributed by atoms with Crippen molar-refractivity contribution in [1.82, 2.24) is 10.6 Å². The Bertz CT molecular complexity index is 767. The zero-order chi connectivity index (χ0) is 18.8. The van der Waals surface area contributed by atoms with E-state index in [1.165, 1.54) is 11.6 Å². The number of carbonyl (C=O) groups is 2. The summed E-state index contributed by atoms with van der Waals surface area (Å²) in [5, 5.41) is 5.50. The second kappa shape index (κ2) is 10.0. The second-order valence-electron chi connectivity index (χ2n) is 5.71. The number of methoxy groups -OCH3 is 1. The number of nitrogens with one attached hydrogen (secondary N) is 2. The molecule has 2 amide bonds. The normalized spacial score (nSPS) is 10.5. The molecule has 0 atom stereocenters. The van der Waals surface area contributed by atoms with Gasteiger partial charge in [0.2, 0.25) is 5.91 Å². The highest BCUT2D eigenvalue weighted by molar-refractivity contribution is 5.94. The summed E-state index contributed by atoms with van der Waals surface area (Å²) in [4.78, 5) is 23.8. The Morgan fingerprint density at radius 1 is 1.04 bits per heavy atom. The number of benzene rings is 2. The van der Waals surface area contributed by atoms with Crippen molar-refractivity contribution in [3.8, 4) is 5.75 Å². The Morgan fingerprint density at radius 2 is 1.77 bits per heavy atom. The van der Waals surface area contributed by atoms with Gasteiger partial charge in [-0.15, -0.1) is 0 Å². The molecule has 136 valence electrons. The first-order valence-corrected chi connectivity index (χ1v) is 8.59. The van der Waals surface area contributed by atoms with Crippen LogP contribution in [-0.2, 0) is 11.2 Å². The summed E-state index contributed by atoms with van der Waals surface area (Å²) >= 11 is 0. The van der Waals surface area contributed by atoms with Crippen LogP contribution in [0.15, 0.2) is 54.6 Å². The van der Waals surface area contributed by atoms with E-state index < -0.39 is 0 Å². The molecule has 0 aliphatic carbocycles. The van der Waals surface area contributed by atoms with Gasteiger partial charge in [-0.05, 0) is 41.8 Å². The summed E-state index contributed by atoms with van der Waals surface area (Å²) in [5.41, 5.74) is 2.76. The van der Waals surface area contributed by atoms with E-state index in [4.69, 9.17) is 4.74 Å². The third-order valence-corrected chi connectivity index (χ3v) is 3.86. The number of aryl methyl sites for hydroxylation is 1. The molecule has 2 aromatic carbocycles. The van der Waals surface area contributed by atoms with Gasteiger partial charge in [-0.2, -0.15) is 0 Å². The molecule has 2 N–H and O–H groups in total. The van der Waals surface area contributed by atoms with E-state index in [9.17, 15) is 9.59 Å². The van der Waals surface area contributed by atoms with Gasteiger partial charge in [-0.25, -0.2) is 0 Å². The van der Waals surface area contributed by atoms with Crippen molar-refractivity contribution in [3.63, 3.8) is 0 Å². The minimum atomic E-state index is -0.204. The molecule has 5 heteroatoms. The van der Waals surface area contributed by atoms with Gasteiger partial charge in [-0.1, -0.05) is 37.3 Å². The van der Waals surface area contributed by atoms with Gasteiger partial charge in [-0.3, -0.25) is 9.59 Å². The number of hydrogen-bond donors (Lipinski definition) is 2. The molecular weight excluding hydrogens is 328 g/mol. The average Bonchev–Trinajstić information content (AvgIpc) is 2.69. The van der Waals surface area contributed by atoms with Crippen LogP contribution < -0.4 is 15.4 Å². The molecule has 0 bridgehead atoms. The molecule has 0 heterocycles. The maximum Gasteiger partial charge on any atom is 0.251 e. The number of ether oxygens (including phenoxy) is 1. The fourth-order valence-electron chi connectivity index (χ4n) is 2.32. The van der Waals surface area contributed by atoms with Crippen LogP contribution in [0.4, 0.5) is 0 Å². The van der Waals surface area contributed by atoms with E-state index >= 15 is 0 Å². The molecule has 0 unspecified atom stereocenters. The van der Waals surface area contributed by atoms with Gasteiger partial charge in [0.25, 0.3) is 5.91 Å². The standard InChI is InChI=1S/C21H24N2O3/c1-3-16-7-9-17(10-8-16)11-12-20(24)22-13-14-23-21(25)18-5-4-6-19(15-18)26-2/h4-12,15H,3,13-14H2,1-2H3,(H,22,24)(H,23,25)/b12-11+. The van der Waals surface area contributed by atoms with Gasteiger partial charge in [0.05, 0.1) is 7.11 Å². The van der Waals surface area contributed by atoms with Crippen LogP contribution in [0, 0.1) is 0 Å². The largest absolute Gasteiger partial charge is 0.497 e. The average molecular weight is 352 g/mol. The van der Waals surface area contributed by atoms with Crippen LogP contribution >= 0.6 is 0 Å². The fourth-order valence-corrected chi connectivity index (χ4v) is 2.32. The highest BCUT2D eigenvalue weighted by Crippen LogP contribution is 2.12. The van der Waals surface area contributed by atoms with Gasteiger partial charge >= 0.3 is 0 Å². The summed E-state index contributed by atoms with van der Waals surface area (Å²) in [6.07, 6.45) is 4.25. The van der Waals surface area contributed by atoms with E-state index in [0.717, 1.165) is 12.0 Å². The molecule has 0 spiro atoms. The van der Waals surface area contributed by atoms with Gasteiger partial charge in [0.1, 0.15) is 5.75 Å². The topological polar surface area (TPSA) is 67.4 Å². The monoisotopic (exact) mass is 352 g/mol. The molecule has 2 aromatic rings. The summed E-state index contributed by atoms with van der Waals surface area (Å²) in [5.74, 6) is 0.230. The summed E-state index contributed by atoms with van der Waals surface area (Å²) < 4.78 is 5.09. The highest BCUT2D eigenvalue weighted by atomic mass is 16.5. The molecule has 5 nitrogen and oxygen atoms in total. The second-order valence-corrected chi connectivity index (χ2v) is 5.71. The Labute approximate surface area is 154 Å². The third-order valence-electron chi connectivity index (χ3n) is 3.86. The number of hydrogen-bond acceptors (Lipinski definition) is 3. The fraction of sp³-hybridized carbons (Fsp3) is 0.238. The van der Waals surface area contributed by atoms with Crippen LogP contribution in [0.2, 0.25) is 0 Å². The molecule has 0 aliphatic heterocycles. The Balaban J connectivity index is 1.72. The summed E-state index contributed by atoms with van der Waals surface area (Å²) in [6.45, 7) is 2.81. The van der Waals surface area contributed by atoms with Crippen molar-refractivity contribution >= 4 is 17.9 Å². The van der Waals surface area contributed by atoms with Crippen molar-refractivity contribution in [2.45, 2.75) is 13.3 Å². The van der Waals surface area contributed by atoms with E-state index in [1.807, 2.05) is 24.3 Å². The molecule has 0 saturated carbocycles. The molecule has 0 saturated heterocycles. The lowest BCUT2D eigenvalue weighted by Crippen LogP contribution is -2.33. The van der Waals surface area contributed by atoms with Crippen LogP contribution in [0.1, 0.15) is 28.4 Å². The summed E-state index contributed by atoms with van der Waals surface area (Å²) in [6, 6.07) is 15.0. The SMILES string of the molecule is CCc1ccc(/C=C/C(=O)NCCNC(=O)c2cccc(OC)c2)cc1. The molecule has 0 aliphatic rings. The van der Waals surface area contributed by atoms with Crippen molar-refractivity contribution in [2.75, 3.05) is 20.2 Å². The first-order valence-electron chi connectivity index (χ1n) is 8.59. The first-order chi connectivity index (χ1) is 12.6. The molecule has 26 heavy (non-hydrogen) atoms. The number of rotatable bonds is 8. The van der Waals surface area contributed by atoms with Crippen LogP contribution in [0.25, 0.3) is 6.08 Å². The molecule has 0 aromatic heterocycles. The van der Waals surface area contributed by atoms with Gasteiger partial charge < -0.3 is 15.4 Å². The number of carbonyl (C=O) groups excluding carboxylic acids is 2. The zero-order valence-electron chi connectivity index (χ0n) is 15.1. The molecule has 0 radical (unpaired) electrons. The quantitative estimate of drug-likeness (QED) is 0.567. The van der Waals surface area contributed by atoms with Crippen LogP contribution in [-0.4, -0.2) is 32.0 Å². The van der Waals surface area contributed by atoms with E-state index in [2.05, 4.69) is 17.6 Å². The maximum absolute atomic E-state index is 12.0. The zero-order valence-corrected chi connectivity index (χ0v) is 15.1. The molecule has 0 fully saturated rings. The minimum absolute atomic E-state index is 0.194. The number of amides is 2. The lowest BCUT2D eigenvalue weighted by Gasteiger charge is -2.07. The minimum Gasteiger partial charge on any atom is -0.497 e. The maximum atomic E-state index is 12.0. The molecular formula is C21H24N2O3. The Hall–Kier alpha value is -3.08. The lowest BCUT2D eigenvalue weighted by atomic mass is 10.1. The smallest absolute Gasteiger partial charge is 0.251 e.